The molecule has 0 spiro atoms. The second-order valence-corrected chi connectivity index (χ2v) is 5.90. The van der Waals surface area contributed by atoms with E-state index < -0.39 is 0 Å². The molecule has 0 radical (unpaired) electrons. The molecule has 2 heterocycles. The number of carbonyl (C=O) groups is 1. The van der Waals surface area contributed by atoms with Crippen molar-refractivity contribution >= 4 is 17.4 Å². The third kappa shape index (κ3) is 4.14. The van der Waals surface area contributed by atoms with Crippen LogP contribution in [-0.2, 0) is 30.2 Å². The van der Waals surface area contributed by atoms with Gasteiger partial charge in [0.05, 0.1) is 11.4 Å². The number of rotatable bonds is 6. The van der Waals surface area contributed by atoms with Crippen LogP contribution in [0.15, 0.2) is 59.8 Å². The molecule has 0 bridgehead atoms. The first-order valence-corrected chi connectivity index (χ1v) is 8.29. The van der Waals surface area contributed by atoms with Crippen molar-refractivity contribution in [3.63, 3.8) is 0 Å². The highest BCUT2D eigenvalue weighted by molar-refractivity contribution is 6.16. The maximum Gasteiger partial charge on any atom is 0.273 e. The lowest BCUT2D eigenvalue weighted by Gasteiger charge is -2.16. The Hall–Kier alpha value is -3.62. The number of allylic oxidation sites excluding steroid dienone is 4. The molecule has 0 fully saturated rings. The second kappa shape index (κ2) is 7.73. The van der Waals surface area contributed by atoms with E-state index in [1.807, 2.05) is 13.1 Å². The smallest absolute Gasteiger partial charge is 0.273 e. The van der Waals surface area contributed by atoms with Gasteiger partial charge in [-0.1, -0.05) is 0 Å². The van der Waals surface area contributed by atoms with Crippen LogP contribution in [0.2, 0.25) is 0 Å². The minimum absolute atomic E-state index is 0.211. The summed E-state index contributed by atoms with van der Waals surface area (Å²) < 4.78 is 9.11. The van der Waals surface area contributed by atoms with E-state index in [1.165, 1.54) is 0 Å². The van der Waals surface area contributed by atoms with Crippen molar-refractivity contribution in [3.8, 4) is 0 Å². The van der Waals surface area contributed by atoms with Gasteiger partial charge in [-0.25, -0.2) is 0 Å². The van der Waals surface area contributed by atoms with Crippen molar-refractivity contribution in [2.45, 2.75) is 6.61 Å². The molecule has 0 aromatic carbocycles. The molecule has 3 N–H and O–H groups in total. The number of anilines is 1. The van der Waals surface area contributed by atoms with E-state index in [4.69, 9.17) is 10.1 Å². The molecule has 0 saturated carbocycles. The van der Waals surface area contributed by atoms with Gasteiger partial charge >= 0.3 is 0 Å². The maximum absolute atomic E-state index is 12.6. The molecule has 9 heteroatoms. The first kappa shape index (κ1) is 18.2. The molecule has 2 aromatic heterocycles. The Morgan fingerprint density at radius 1 is 1.30 bits per heavy atom. The zero-order valence-electron chi connectivity index (χ0n) is 15.4. The van der Waals surface area contributed by atoms with Gasteiger partial charge in [0.2, 0.25) is 0 Å². The van der Waals surface area contributed by atoms with Gasteiger partial charge in [0.1, 0.15) is 18.1 Å². The largest absolute Gasteiger partial charge is 0.487 e. The van der Waals surface area contributed by atoms with Gasteiger partial charge in [0, 0.05) is 45.2 Å². The van der Waals surface area contributed by atoms with Crippen LogP contribution in [0.4, 0.5) is 5.82 Å². The van der Waals surface area contributed by atoms with Crippen molar-refractivity contribution in [1.82, 2.24) is 24.9 Å². The van der Waals surface area contributed by atoms with Gasteiger partial charge in [-0.3, -0.25) is 14.2 Å². The topological polar surface area (TPSA) is 110 Å². The molecular formula is C18H21N7O2. The third-order valence-corrected chi connectivity index (χ3v) is 4.00. The number of amides is 1. The Morgan fingerprint density at radius 3 is 2.74 bits per heavy atom. The summed E-state index contributed by atoms with van der Waals surface area (Å²) in [5, 5.41) is 22.0. The number of nitrogens with one attached hydrogen (secondary N) is 3. The van der Waals surface area contributed by atoms with Crippen molar-refractivity contribution in [3.05, 3.63) is 65.5 Å². The summed E-state index contributed by atoms with van der Waals surface area (Å²) in [5.74, 6) is 0.611. The molecule has 0 atom stereocenters. The molecule has 1 aliphatic rings. The number of hydrogen-bond donors (Lipinski definition) is 3. The molecule has 0 unspecified atom stereocenters. The summed E-state index contributed by atoms with van der Waals surface area (Å²) in [4.78, 5) is 12.6. The van der Waals surface area contributed by atoms with E-state index in [2.05, 4.69) is 20.8 Å². The van der Waals surface area contributed by atoms with Gasteiger partial charge in [-0.2, -0.15) is 10.2 Å². The zero-order chi connectivity index (χ0) is 19.4. The van der Waals surface area contributed by atoms with Gasteiger partial charge in [0.15, 0.2) is 5.82 Å². The molecule has 2 aromatic rings. The SMILES string of the molecule is CN/C(C(=O)Nc1ccn(C)n1)=C1/C=C(OCc2ccnn2C)C=CC1=N. The van der Waals surface area contributed by atoms with Crippen molar-refractivity contribution in [1.29, 1.82) is 5.41 Å². The average Bonchev–Trinajstić information content (AvgIpc) is 3.24. The summed E-state index contributed by atoms with van der Waals surface area (Å²) >= 11 is 0. The normalized spacial score (nSPS) is 15.4. The summed E-state index contributed by atoms with van der Waals surface area (Å²) in [5.41, 5.74) is 1.82. The van der Waals surface area contributed by atoms with Crippen LogP contribution >= 0.6 is 0 Å². The molecule has 1 amide bonds. The summed E-state index contributed by atoms with van der Waals surface area (Å²) in [7, 11) is 5.24. The average molecular weight is 367 g/mol. The van der Waals surface area contributed by atoms with E-state index in [0.717, 1.165) is 5.69 Å². The van der Waals surface area contributed by atoms with E-state index in [1.54, 1.807) is 60.1 Å². The van der Waals surface area contributed by atoms with Crippen molar-refractivity contribution in [2.75, 3.05) is 12.4 Å². The van der Waals surface area contributed by atoms with Gasteiger partial charge in [-0.05, 0) is 24.3 Å². The quantitative estimate of drug-likeness (QED) is 0.666. The number of aryl methyl sites for hydroxylation is 2. The fraction of sp³-hybridized carbons (Fsp3) is 0.222. The number of likely N-dealkylation sites (N-methyl/N-ethyl adjacent to an activating group) is 1. The Balaban J connectivity index is 1.80. The fourth-order valence-corrected chi connectivity index (χ4v) is 2.55. The van der Waals surface area contributed by atoms with Crippen LogP contribution in [0.5, 0.6) is 0 Å². The molecular weight excluding hydrogens is 346 g/mol. The lowest BCUT2D eigenvalue weighted by molar-refractivity contribution is -0.113. The van der Waals surface area contributed by atoms with Gasteiger partial charge in [-0.15, -0.1) is 0 Å². The number of ether oxygens (including phenoxy) is 1. The minimum Gasteiger partial charge on any atom is -0.487 e. The maximum atomic E-state index is 12.6. The Kier molecular flexibility index (Phi) is 5.20. The Morgan fingerprint density at radius 2 is 2.11 bits per heavy atom. The first-order chi connectivity index (χ1) is 13.0. The molecule has 27 heavy (non-hydrogen) atoms. The van der Waals surface area contributed by atoms with Crippen LogP contribution < -0.4 is 10.6 Å². The zero-order valence-corrected chi connectivity index (χ0v) is 15.4. The summed E-state index contributed by atoms with van der Waals surface area (Å²) in [6.07, 6.45) is 8.40. The predicted molar refractivity (Wildman–Crippen MR) is 101 cm³/mol. The highest BCUT2D eigenvalue weighted by Crippen LogP contribution is 2.19. The molecule has 140 valence electrons. The second-order valence-electron chi connectivity index (χ2n) is 5.90. The van der Waals surface area contributed by atoms with E-state index in [-0.39, 0.29) is 17.3 Å². The van der Waals surface area contributed by atoms with E-state index in [0.29, 0.717) is 23.8 Å². The van der Waals surface area contributed by atoms with Crippen LogP contribution in [-0.4, -0.2) is 38.2 Å². The summed E-state index contributed by atoms with van der Waals surface area (Å²) in [6, 6.07) is 3.56. The van der Waals surface area contributed by atoms with E-state index in [9.17, 15) is 4.79 Å². The monoisotopic (exact) mass is 367 g/mol. The lowest BCUT2D eigenvalue weighted by Crippen LogP contribution is -2.27. The van der Waals surface area contributed by atoms with E-state index >= 15 is 0 Å². The number of aromatic nitrogens is 4. The van der Waals surface area contributed by atoms with Crippen molar-refractivity contribution < 1.29 is 9.53 Å². The Labute approximate surface area is 156 Å². The van der Waals surface area contributed by atoms with Crippen LogP contribution in [0.3, 0.4) is 0 Å². The van der Waals surface area contributed by atoms with Crippen LogP contribution in [0.25, 0.3) is 0 Å². The molecule has 0 saturated heterocycles. The predicted octanol–water partition coefficient (Wildman–Crippen LogP) is 1.26. The highest BCUT2D eigenvalue weighted by atomic mass is 16.5. The first-order valence-electron chi connectivity index (χ1n) is 8.29. The number of nitrogens with zero attached hydrogens (tertiary/aromatic N) is 4. The number of carbonyl (C=O) groups excluding carboxylic acids is 1. The molecule has 3 rings (SSSR count). The molecule has 9 nitrogen and oxygen atoms in total. The molecule has 0 aliphatic heterocycles. The minimum atomic E-state index is -0.381. The molecule has 1 aliphatic carbocycles. The van der Waals surface area contributed by atoms with Gasteiger partial charge in [0.25, 0.3) is 5.91 Å². The number of hydrogen-bond acceptors (Lipinski definition) is 6. The lowest BCUT2D eigenvalue weighted by atomic mass is 10.0. The third-order valence-electron chi connectivity index (χ3n) is 4.00. The fourth-order valence-electron chi connectivity index (χ4n) is 2.55. The summed E-state index contributed by atoms with van der Waals surface area (Å²) in [6.45, 7) is 0.336. The van der Waals surface area contributed by atoms with Gasteiger partial charge < -0.3 is 20.8 Å². The van der Waals surface area contributed by atoms with Crippen LogP contribution in [0.1, 0.15) is 5.69 Å². The Bertz CT molecular complexity index is 962. The highest BCUT2D eigenvalue weighted by Gasteiger charge is 2.19. The standard InChI is InChI=1S/C18H21N7O2/c1-20-17(18(26)22-16-7-9-24(2)23-16)14-10-13(4-5-15(14)19)27-11-12-6-8-21-25(12)3/h4-10,19-20H,11H2,1-3H3,(H,22,23,26)/b17-14-,19-15?. The van der Waals surface area contributed by atoms with Crippen molar-refractivity contribution in [2.24, 2.45) is 14.1 Å². The van der Waals surface area contributed by atoms with Crippen LogP contribution in [0, 0.1) is 5.41 Å².